The van der Waals surface area contributed by atoms with Crippen LogP contribution in [0, 0.1) is 0 Å². The molecule has 0 spiro atoms. The standard InChI is InChI=1S/C16H23N5O3S.ClH/c1-24-11-16(7-4-8-18-16)10-20-25(22,23)15-6-3-2-5-14(15)9-21-13-17-12-19-21;/h2-3,5-6,12-13,18,20H,4,7-11H2,1H3;1H. The molecule has 0 amide bonds. The van der Waals surface area contributed by atoms with Gasteiger partial charge in [0.15, 0.2) is 0 Å². The van der Waals surface area contributed by atoms with Crippen molar-refractivity contribution < 1.29 is 13.2 Å². The summed E-state index contributed by atoms with van der Waals surface area (Å²) in [5.41, 5.74) is 0.323. The molecule has 1 saturated heterocycles. The van der Waals surface area contributed by atoms with Crippen LogP contribution >= 0.6 is 12.4 Å². The summed E-state index contributed by atoms with van der Waals surface area (Å²) in [5.74, 6) is 0. The lowest BCUT2D eigenvalue weighted by Crippen LogP contribution is -2.52. The minimum absolute atomic E-state index is 0. The topological polar surface area (TPSA) is 98.1 Å². The van der Waals surface area contributed by atoms with E-state index < -0.39 is 10.0 Å². The van der Waals surface area contributed by atoms with Gasteiger partial charge in [0.25, 0.3) is 0 Å². The minimum atomic E-state index is -3.65. The molecular formula is C16H24ClN5O3S. The van der Waals surface area contributed by atoms with Gasteiger partial charge in [0.1, 0.15) is 12.7 Å². The second kappa shape index (κ2) is 8.92. The van der Waals surface area contributed by atoms with E-state index in [4.69, 9.17) is 4.74 Å². The van der Waals surface area contributed by atoms with Crippen LogP contribution in [0.15, 0.2) is 41.8 Å². The highest BCUT2D eigenvalue weighted by atomic mass is 35.5. The monoisotopic (exact) mass is 401 g/mol. The largest absolute Gasteiger partial charge is 0.383 e. The van der Waals surface area contributed by atoms with Gasteiger partial charge in [-0.05, 0) is 31.0 Å². The predicted molar refractivity (Wildman–Crippen MR) is 99.8 cm³/mol. The third kappa shape index (κ3) is 4.80. The van der Waals surface area contributed by atoms with Gasteiger partial charge in [-0.15, -0.1) is 12.4 Å². The summed E-state index contributed by atoms with van der Waals surface area (Å²) < 4.78 is 35.3. The summed E-state index contributed by atoms with van der Waals surface area (Å²) in [6.45, 7) is 1.98. The molecule has 1 aromatic heterocycles. The van der Waals surface area contributed by atoms with Gasteiger partial charge >= 0.3 is 0 Å². The van der Waals surface area contributed by atoms with Crippen molar-refractivity contribution in [3.63, 3.8) is 0 Å². The average Bonchev–Trinajstić information content (AvgIpc) is 3.27. The SMILES string of the molecule is COCC1(CNS(=O)(=O)c2ccccc2Cn2cncn2)CCCN1.Cl. The molecule has 1 aliphatic rings. The third-order valence-electron chi connectivity index (χ3n) is 4.41. The third-order valence-corrected chi connectivity index (χ3v) is 5.92. The molecule has 0 bridgehead atoms. The lowest BCUT2D eigenvalue weighted by atomic mass is 9.99. The Labute approximate surface area is 159 Å². The highest BCUT2D eigenvalue weighted by Gasteiger charge is 2.35. The Morgan fingerprint density at radius 1 is 1.38 bits per heavy atom. The number of methoxy groups -OCH3 is 1. The minimum Gasteiger partial charge on any atom is -0.383 e. The van der Waals surface area contributed by atoms with Crippen molar-refractivity contribution in [1.29, 1.82) is 0 Å². The van der Waals surface area contributed by atoms with Crippen LogP contribution in [0.1, 0.15) is 18.4 Å². The molecule has 3 rings (SSSR count). The van der Waals surface area contributed by atoms with E-state index in [2.05, 4.69) is 20.1 Å². The molecule has 10 heteroatoms. The molecule has 0 saturated carbocycles. The van der Waals surface area contributed by atoms with E-state index in [0.717, 1.165) is 19.4 Å². The number of hydrogen-bond donors (Lipinski definition) is 2. The fourth-order valence-electron chi connectivity index (χ4n) is 3.17. The van der Waals surface area contributed by atoms with Crippen molar-refractivity contribution in [2.75, 3.05) is 26.8 Å². The van der Waals surface area contributed by atoms with Gasteiger partial charge in [0.2, 0.25) is 10.0 Å². The molecule has 1 aromatic carbocycles. The van der Waals surface area contributed by atoms with Gasteiger partial charge in [-0.2, -0.15) is 5.10 Å². The van der Waals surface area contributed by atoms with Gasteiger partial charge in [0, 0.05) is 13.7 Å². The fraction of sp³-hybridized carbons (Fsp3) is 0.500. The molecule has 1 atom stereocenters. The van der Waals surface area contributed by atoms with Crippen molar-refractivity contribution in [3.05, 3.63) is 42.5 Å². The zero-order valence-corrected chi connectivity index (χ0v) is 16.2. The van der Waals surface area contributed by atoms with Crippen LogP contribution < -0.4 is 10.0 Å². The molecule has 8 nitrogen and oxygen atoms in total. The van der Waals surface area contributed by atoms with Crippen LogP contribution in [0.3, 0.4) is 0 Å². The van der Waals surface area contributed by atoms with Crippen LogP contribution in [0.4, 0.5) is 0 Å². The molecular weight excluding hydrogens is 378 g/mol. The lowest BCUT2D eigenvalue weighted by molar-refractivity contribution is 0.122. The number of sulfonamides is 1. The van der Waals surface area contributed by atoms with Crippen LogP contribution in [0.25, 0.3) is 0 Å². The molecule has 0 radical (unpaired) electrons. The van der Waals surface area contributed by atoms with Gasteiger partial charge < -0.3 is 10.1 Å². The lowest BCUT2D eigenvalue weighted by Gasteiger charge is -2.29. The summed E-state index contributed by atoms with van der Waals surface area (Å²) in [6, 6.07) is 6.93. The summed E-state index contributed by atoms with van der Waals surface area (Å²) >= 11 is 0. The maximum Gasteiger partial charge on any atom is 0.240 e. The first-order valence-corrected chi connectivity index (χ1v) is 9.67. The van der Waals surface area contributed by atoms with Crippen molar-refractivity contribution in [1.82, 2.24) is 24.8 Å². The van der Waals surface area contributed by atoms with Crippen LogP contribution in [0.5, 0.6) is 0 Å². The average molecular weight is 402 g/mol. The Hall–Kier alpha value is -1.52. The number of benzene rings is 1. The molecule has 1 aliphatic heterocycles. The molecule has 0 aliphatic carbocycles. The number of nitrogens with one attached hydrogen (secondary N) is 2. The summed E-state index contributed by atoms with van der Waals surface area (Å²) in [5, 5.41) is 7.41. The van der Waals surface area contributed by atoms with Crippen molar-refractivity contribution >= 4 is 22.4 Å². The Bertz CT molecular complexity index is 792. The van der Waals surface area contributed by atoms with E-state index in [1.807, 2.05) is 6.07 Å². The Morgan fingerprint density at radius 2 is 2.19 bits per heavy atom. The van der Waals surface area contributed by atoms with E-state index in [-0.39, 0.29) is 22.8 Å². The zero-order chi connectivity index (χ0) is 17.8. The van der Waals surface area contributed by atoms with Crippen molar-refractivity contribution in [3.8, 4) is 0 Å². The van der Waals surface area contributed by atoms with Crippen LogP contribution in [0.2, 0.25) is 0 Å². The van der Waals surface area contributed by atoms with Crippen molar-refractivity contribution in [2.45, 2.75) is 29.8 Å². The molecule has 1 unspecified atom stereocenters. The first-order valence-electron chi connectivity index (χ1n) is 8.19. The summed E-state index contributed by atoms with van der Waals surface area (Å²) in [6.07, 6.45) is 4.88. The number of hydrogen-bond acceptors (Lipinski definition) is 6. The molecule has 144 valence electrons. The van der Waals surface area contributed by atoms with Crippen molar-refractivity contribution in [2.24, 2.45) is 0 Å². The number of aromatic nitrogens is 3. The number of halogens is 1. The zero-order valence-electron chi connectivity index (χ0n) is 14.6. The predicted octanol–water partition coefficient (Wildman–Crippen LogP) is 0.795. The summed E-state index contributed by atoms with van der Waals surface area (Å²) in [4.78, 5) is 4.15. The van der Waals surface area contributed by atoms with E-state index in [1.54, 1.807) is 36.3 Å². The van der Waals surface area contributed by atoms with Gasteiger partial charge in [0.05, 0.1) is 23.6 Å². The van der Waals surface area contributed by atoms with Gasteiger partial charge in [-0.3, -0.25) is 0 Å². The molecule has 26 heavy (non-hydrogen) atoms. The van der Waals surface area contributed by atoms with E-state index in [0.29, 0.717) is 25.3 Å². The van der Waals surface area contributed by atoms with E-state index in [1.165, 1.54) is 6.33 Å². The molecule has 1 fully saturated rings. The van der Waals surface area contributed by atoms with Gasteiger partial charge in [-0.25, -0.2) is 22.8 Å². The van der Waals surface area contributed by atoms with Gasteiger partial charge in [-0.1, -0.05) is 18.2 Å². The Balaban J connectivity index is 0.00000243. The second-order valence-corrected chi connectivity index (χ2v) is 8.00. The van der Waals surface area contributed by atoms with E-state index in [9.17, 15) is 8.42 Å². The summed E-state index contributed by atoms with van der Waals surface area (Å²) in [7, 11) is -2.02. The molecule has 2 heterocycles. The molecule has 2 aromatic rings. The highest BCUT2D eigenvalue weighted by Crippen LogP contribution is 2.21. The maximum absolute atomic E-state index is 12.9. The maximum atomic E-state index is 12.9. The number of ether oxygens (including phenoxy) is 1. The fourth-order valence-corrected chi connectivity index (χ4v) is 4.52. The second-order valence-electron chi connectivity index (χ2n) is 6.27. The van der Waals surface area contributed by atoms with E-state index >= 15 is 0 Å². The normalized spacial score (nSPS) is 20.0. The Morgan fingerprint density at radius 3 is 2.85 bits per heavy atom. The Kier molecular flexibility index (Phi) is 7.13. The molecule has 2 N–H and O–H groups in total. The first kappa shape index (κ1) is 20.8. The van der Waals surface area contributed by atoms with Crippen LogP contribution in [-0.4, -0.2) is 55.5 Å². The quantitative estimate of drug-likeness (QED) is 0.678. The number of nitrogens with zero attached hydrogens (tertiary/aromatic N) is 3. The van der Waals surface area contributed by atoms with Crippen LogP contribution in [-0.2, 0) is 21.3 Å². The smallest absolute Gasteiger partial charge is 0.240 e. The number of rotatable bonds is 8. The first-order chi connectivity index (χ1) is 12.0. The highest BCUT2D eigenvalue weighted by molar-refractivity contribution is 7.89.